The third kappa shape index (κ3) is 4.31. The molecule has 0 atom stereocenters. The zero-order chi connectivity index (χ0) is 19.6. The summed E-state index contributed by atoms with van der Waals surface area (Å²) in [5, 5.41) is 6.81. The molecular formula is C20H23N5O2. The van der Waals surface area contributed by atoms with Gasteiger partial charge in [-0.15, -0.1) is 0 Å². The smallest absolute Gasteiger partial charge is 0.258 e. The number of rotatable bonds is 5. The van der Waals surface area contributed by atoms with Gasteiger partial charge in [-0.2, -0.15) is 4.98 Å². The predicted molar refractivity (Wildman–Crippen MR) is 105 cm³/mol. The maximum atomic E-state index is 12.5. The minimum absolute atomic E-state index is 0.103. The number of likely N-dealkylation sites (N-methyl/N-ethyl adjacent to an activating group) is 1. The highest BCUT2D eigenvalue weighted by Crippen LogP contribution is 2.23. The van der Waals surface area contributed by atoms with Crippen molar-refractivity contribution in [3.63, 3.8) is 0 Å². The molecule has 140 valence electrons. The molecule has 3 aromatic rings. The van der Waals surface area contributed by atoms with Crippen LogP contribution in [-0.4, -0.2) is 34.6 Å². The van der Waals surface area contributed by atoms with Crippen molar-refractivity contribution in [2.75, 3.05) is 23.8 Å². The van der Waals surface area contributed by atoms with Crippen LogP contribution in [0.15, 0.2) is 35.0 Å². The van der Waals surface area contributed by atoms with Gasteiger partial charge in [-0.25, -0.2) is 4.98 Å². The number of hydrogen-bond donors (Lipinski definition) is 1. The lowest BCUT2D eigenvalue weighted by Gasteiger charge is -2.19. The van der Waals surface area contributed by atoms with Gasteiger partial charge in [0.15, 0.2) is 5.82 Å². The van der Waals surface area contributed by atoms with Crippen LogP contribution in [0.1, 0.15) is 22.5 Å². The topological polar surface area (TPSA) is 84.2 Å². The number of carbonyl (C=O) groups excluding carboxylic acids is 1. The predicted octanol–water partition coefficient (Wildman–Crippen LogP) is 3.44. The molecule has 0 aliphatic carbocycles. The van der Waals surface area contributed by atoms with Crippen molar-refractivity contribution in [3.05, 3.63) is 53.0 Å². The Morgan fingerprint density at radius 3 is 2.48 bits per heavy atom. The van der Waals surface area contributed by atoms with Crippen LogP contribution in [0.25, 0.3) is 11.5 Å². The molecule has 27 heavy (non-hydrogen) atoms. The van der Waals surface area contributed by atoms with E-state index in [4.69, 9.17) is 4.52 Å². The van der Waals surface area contributed by atoms with E-state index >= 15 is 0 Å². The molecule has 0 aliphatic rings. The standard InChI is InChI=1S/C20H23N5O2/c1-12-8-13(2)19(14(3)9-12)23-18(26)11-25(5)17-10-16(6-7-21-17)20-22-15(4)24-27-20/h6-10H,11H2,1-5H3,(H,23,26). The van der Waals surface area contributed by atoms with Gasteiger partial charge in [0.25, 0.3) is 5.89 Å². The third-order valence-electron chi connectivity index (χ3n) is 4.23. The van der Waals surface area contributed by atoms with Crippen LogP contribution in [-0.2, 0) is 4.79 Å². The maximum Gasteiger partial charge on any atom is 0.258 e. The van der Waals surface area contributed by atoms with E-state index in [0.717, 1.165) is 22.4 Å². The summed E-state index contributed by atoms with van der Waals surface area (Å²) in [6.07, 6.45) is 1.66. The van der Waals surface area contributed by atoms with Crippen LogP contribution in [0.2, 0.25) is 0 Å². The van der Waals surface area contributed by atoms with Gasteiger partial charge >= 0.3 is 0 Å². The van der Waals surface area contributed by atoms with Gasteiger partial charge in [-0.05, 0) is 51.0 Å². The Morgan fingerprint density at radius 2 is 1.85 bits per heavy atom. The summed E-state index contributed by atoms with van der Waals surface area (Å²) >= 11 is 0. The van der Waals surface area contributed by atoms with Gasteiger partial charge in [-0.3, -0.25) is 4.79 Å². The molecule has 3 rings (SSSR count). The first-order valence-electron chi connectivity index (χ1n) is 8.69. The Labute approximate surface area is 158 Å². The lowest BCUT2D eigenvalue weighted by atomic mass is 10.1. The third-order valence-corrected chi connectivity index (χ3v) is 4.23. The van der Waals surface area contributed by atoms with Crippen molar-refractivity contribution in [1.82, 2.24) is 15.1 Å². The van der Waals surface area contributed by atoms with Crippen LogP contribution in [0.3, 0.4) is 0 Å². The first-order valence-corrected chi connectivity index (χ1v) is 8.69. The molecule has 1 aromatic carbocycles. The quantitative estimate of drug-likeness (QED) is 0.746. The Morgan fingerprint density at radius 1 is 1.15 bits per heavy atom. The number of pyridine rings is 1. The van der Waals surface area contributed by atoms with Crippen molar-refractivity contribution in [1.29, 1.82) is 0 Å². The van der Waals surface area contributed by atoms with Gasteiger partial charge in [-0.1, -0.05) is 22.9 Å². The fraction of sp³-hybridized carbons (Fsp3) is 0.300. The van der Waals surface area contributed by atoms with Crippen molar-refractivity contribution in [2.45, 2.75) is 27.7 Å². The average Bonchev–Trinajstić information content (AvgIpc) is 3.04. The van der Waals surface area contributed by atoms with Crippen LogP contribution in [0.5, 0.6) is 0 Å². The second kappa shape index (κ2) is 7.57. The van der Waals surface area contributed by atoms with E-state index in [1.54, 1.807) is 24.1 Å². The fourth-order valence-electron chi connectivity index (χ4n) is 3.03. The molecule has 0 aliphatic heterocycles. The first-order chi connectivity index (χ1) is 12.8. The van der Waals surface area contributed by atoms with E-state index in [1.807, 2.05) is 33.9 Å². The van der Waals surface area contributed by atoms with Gasteiger partial charge in [0.05, 0.1) is 6.54 Å². The van der Waals surface area contributed by atoms with E-state index < -0.39 is 0 Å². The monoisotopic (exact) mass is 365 g/mol. The zero-order valence-corrected chi connectivity index (χ0v) is 16.2. The summed E-state index contributed by atoms with van der Waals surface area (Å²) in [5.74, 6) is 1.55. The molecule has 2 heterocycles. The minimum atomic E-state index is -0.103. The molecule has 0 fully saturated rings. The number of aryl methyl sites for hydroxylation is 4. The molecule has 0 radical (unpaired) electrons. The van der Waals surface area contributed by atoms with Crippen LogP contribution >= 0.6 is 0 Å². The summed E-state index contributed by atoms with van der Waals surface area (Å²) in [4.78, 5) is 22.9. The molecule has 0 spiro atoms. The second-order valence-corrected chi connectivity index (χ2v) is 6.73. The van der Waals surface area contributed by atoms with Gasteiger partial charge in [0.2, 0.25) is 5.91 Å². The molecule has 7 heteroatoms. The highest BCUT2D eigenvalue weighted by Gasteiger charge is 2.14. The first kappa shape index (κ1) is 18.6. The summed E-state index contributed by atoms with van der Waals surface area (Å²) in [5.41, 5.74) is 4.91. The lowest BCUT2D eigenvalue weighted by Crippen LogP contribution is -2.31. The Balaban J connectivity index is 1.72. The number of benzene rings is 1. The van der Waals surface area contributed by atoms with Gasteiger partial charge in [0.1, 0.15) is 5.82 Å². The number of nitrogens with zero attached hydrogens (tertiary/aromatic N) is 4. The molecule has 7 nitrogen and oxygen atoms in total. The summed E-state index contributed by atoms with van der Waals surface area (Å²) < 4.78 is 5.19. The van der Waals surface area contributed by atoms with E-state index in [9.17, 15) is 4.79 Å². The Kier molecular flexibility index (Phi) is 5.21. The minimum Gasteiger partial charge on any atom is -0.350 e. The summed E-state index contributed by atoms with van der Waals surface area (Å²) in [6.45, 7) is 7.98. The van der Waals surface area contributed by atoms with E-state index in [2.05, 4.69) is 32.6 Å². The van der Waals surface area contributed by atoms with Crippen LogP contribution in [0.4, 0.5) is 11.5 Å². The fourth-order valence-corrected chi connectivity index (χ4v) is 3.03. The van der Waals surface area contributed by atoms with E-state index in [1.165, 1.54) is 5.56 Å². The number of aromatic nitrogens is 3. The molecule has 1 amide bonds. The number of carbonyl (C=O) groups is 1. The van der Waals surface area contributed by atoms with Crippen molar-refractivity contribution >= 4 is 17.4 Å². The highest BCUT2D eigenvalue weighted by molar-refractivity contribution is 5.95. The SMILES string of the molecule is Cc1cc(C)c(NC(=O)CN(C)c2cc(-c3nc(C)no3)ccn2)c(C)c1. The maximum absolute atomic E-state index is 12.5. The Bertz CT molecular complexity index is 957. The van der Waals surface area contributed by atoms with Crippen LogP contribution < -0.4 is 10.2 Å². The second-order valence-electron chi connectivity index (χ2n) is 6.73. The van der Waals surface area contributed by atoms with Crippen LogP contribution in [0, 0.1) is 27.7 Å². The van der Waals surface area contributed by atoms with Crippen molar-refractivity contribution in [3.8, 4) is 11.5 Å². The number of hydrogen-bond acceptors (Lipinski definition) is 6. The van der Waals surface area contributed by atoms with Gasteiger partial charge < -0.3 is 14.7 Å². The molecule has 0 bridgehead atoms. The number of anilines is 2. The molecule has 0 unspecified atom stereocenters. The highest BCUT2D eigenvalue weighted by atomic mass is 16.5. The normalized spacial score (nSPS) is 10.7. The van der Waals surface area contributed by atoms with Crippen molar-refractivity contribution in [2.24, 2.45) is 0 Å². The molecular weight excluding hydrogens is 342 g/mol. The van der Waals surface area contributed by atoms with E-state index in [-0.39, 0.29) is 12.5 Å². The molecule has 1 N–H and O–H groups in total. The lowest BCUT2D eigenvalue weighted by molar-refractivity contribution is -0.114. The van der Waals surface area contributed by atoms with Gasteiger partial charge in [0, 0.05) is 24.5 Å². The molecule has 0 saturated heterocycles. The Hall–Kier alpha value is -3.22. The van der Waals surface area contributed by atoms with E-state index in [0.29, 0.717) is 17.5 Å². The molecule has 0 saturated carbocycles. The molecule has 2 aromatic heterocycles. The number of nitrogens with one attached hydrogen (secondary N) is 1. The van der Waals surface area contributed by atoms with Crippen molar-refractivity contribution < 1.29 is 9.32 Å². The summed E-state index contributed by atoms with van der Waals surface area (Å²) in [7, 11) is 1.82. The average molecular weight is 365 g/mol. The summed E-state index contributed by atoms with van der Waals surface area (Å²) in [6, 6.07) is 7.74. The largest absolute Gasteiger partial charge is 0.350 e. The number of amides is 1. The zero-order valence-electron chi connectivity index (χ0n) is 16.2.